The summed E-state index contributed by atoms with van der Waals surface area (Å²) in [4.78, 5) is 27.2. The topological polar surface area (TPSA) is 75.4 Å². The van der Waals surface area contributed by atoms with Gasteiger partial charge in [-0.2, -0.15) is 0 Å². The normalized spacial score (nSPS) is 22.1. The molecule has 0 aliphatic carbocycles. The molecule has 1 fully saturated rings. The van der Waals surface area contributed by atoms with E-state index in [1.807, 2.05) is 54.8 Å². The summed E-state index contributed by atoms with van der Waals surface area (Å²) in [7, 11) is 0. The summed E-state index contributed by atoms with van der Waals surface area (Å²) in [6.07, 6.45) is 2.26. The lowest BCUT2D eigenvalue weighted by Crippen LogP contribution is -2.55. The number of piperazine rings is 1. The maximum absolute atomic E-state index is 13.7. The number of rotatable bonds is 5. The Morgan fingerprint density at radius 2 is 1.97 bits per heavy atom. The minimum absolute atomic E-state index is 0.134. The van der Waals surface area contributed by atoms with Crippen LogP contribution in [0.2, 0.25) is 5.02 Å². The lowest BCUT2D eigenvalue weighted by Gasteiger charge is -2.42. The first-order valence-corrected chi connectivity index (χ1v) is 12.6. The van der Waals surface area contributed by atoms with Crippen LogP contribution in [0.25, 0.3) is 0 Å². The zero-order valence-corrected chi connectivity index (χ0v) is 20.8. The second kappa shape index (κ2) is 9.20. The fourth-order valence-corrected chi connectivity index (χ4v) is 5.90. The smallest absolute Gasteiger partial charge is 0.230 e. The molecular weight excluding hydrogens is 442 g/mol. The van der Waals surface area contributed by atoms with E-state index < -0.39 is 5.54 Å². The lowest BCUT2D eigenvalue weighted by molar-refractivity contribution is -0.134. The second-order valence-electron chi connectivity index (χ2n) is 9.63. The second-order valence-corrected chi connectivity index (χ2v) is 11.4. The van der Waals surface area contributed by atoms with Gasteiger partial charge in [-0.15, -0.1) is 11.8 Å². The Bertz CT molecular complexity index is 977. The van der Waals surface area contributed by atoms with Gasteiger partial charge in [-0.25, -0.2) is 9.97 Å². The van der Waals surface area contributed by atoms with Crippen molar-refractivity contribution in [3.8, 4) is 0 Å². The van der Waals surface area contributed by atoms with Crippen molar-refractivity contribution in [2.45, 2.75) is 62.6 Å². The van der Waals surface area contributed by atoms with E-state index in [-0.39, 0.29) is 17.9 Å². The molecule has 1 aromatic heterocycles. The molecule has 6 nitrogen and oxygen atoms in total. The molecule has 0 bridgehead atoms. The number of benzene rings is 1. The molecule has 32 heavy (non-hydrogen) atoms. The first kappa shape index (κ1) is 23.3. The third-order valence-corrected chi connectivity index (χ3v) is 7.76. The van der Waals surface area contributed by atoms with Crippen molar-refractivity contribution in [1.29, 1.82) is 0 Å². The van der Waals surface area contributed by atoms with Gasteiger partial charge in [0.05, 0.1) is 11.6 Å². The number of carbonyl (C=O) groups excluding carboxylic acids is 1. The first-order chi connectivity index (χ1) is 15.1. The first-order valence-electron chi connectivity index (χ1n) is 11.2. The van der Waals surface area contributed by atoms with Crippen LogP contribution in [0.4, 0.5) is 5.82 Å². The van der Waals surface area contributed by atoms with Crippen molar-refractivity contribution >= 4 is 35.1 Å². The standard InChI is InChI=1S/C24H32ClN5OS/c1-15-12-29(9-10-30(15)22-21-16(2)32-13-20(21)27-14-28-22)23(31)19(11-24(3,4)26)17-5-7-18(25)8-6-17/h5-8,14-16,19H,9-13,26H2,1-4H3/t15-,16+,19?/m0/s1. The Labute approximate surface area is 199 Å². The predicted octanol–water partition coefficient (Wildman–Crippen LogP) is 4.39. The Morgan fingerprint density at radius 3 is 2.62 bits per heavy atom. The predicted molar refractivity (Wildman–Crippen MR) is 132 cm³/mol. The van der Waals surface area contributed by atoms with Crippen LogP contribution in [0.3, 0.4) is 0 Å². The fraction of sp³-hybridized carbons (Fsp3) is 0.542. The molecule has 2 N–H and O–H groups in total. The Kier molecular flexibility index (Phi) is 6.71. The summed E-state index contributed by atoms with van der Waals surface area (Å²) in [6.45, 7) is 10.4. The van der Waals surface area contributed by atoms with Gasteiger partial charge >= 0.3 is 0 Å². The van der Waals surface area contributed by atoms with E-state index in [4.69, 9.17) is 17.3 Å². The zero-order valence-electron chi connectivity index (χ0n) is 19.2. The molecule has 2 aromatic rings. The highest BCUT2D eigenvalue weighted by Gasteiger charge is 2.36. The van der Waals surface area contributed by atoms with E-state index in [0.29, 0.717) is 29.8 Å². The van der Waals surface area contributed by atoms with Crippen molar-refractivity contribution in [2.75, 3.05) is 24.5 Å². The van der Waals surface area contributed by atoms with Crippen molar-refractivity contribution in [3.05, 3.63) is 52.4 Å². The number of aromatic nitrogens is 2. The maximum Gasteiger partial charge on any atom is 0.230 e. The summed E-state index contributed by atoms with van der Waals surface area (Å²) in [5.41, 5.74) is 9.25. The molecule has 3 heterocycles. The number of hydrogen-bond acceptors (Lipinski definition) is 6. The van der Waals surface area contributed by atoms with Crippen LogP contribution in [-0.4, -0.2) is 52.0 Å². The third-order valence-electron chi connectivity index (χ3n) is 6.33. The van der Waals surface area contributed by atoms with Crippen LogP contribution < -0.4 is 10.6 Å². The molecule has 8 heteroatoms. The molecule has 3 atom stereocenters. The number of carbonyl (C=O) groups is 1. The lowest BCUT2D eigenvalue weighted by atomic mass is 9.85. The number of halogens is 1. The van der Waals surface area contributed by atoms with Gasteiger partial charge in [0, 0.05) is 52.8 Å². The van der Waals surface area contributed by atoms with Crippen LogP contribution in [-0.2, 0) is 10.5 Å². The Morgan fingerprint density at radius 1 is 1.25 bits per heavy atom. The number of fused-ring (bicyclic) bond motifs is 1. The van der Waals surface area contributed by atoms with Crippen LogP contribution in [0.15, 0.2) is 30.6 Å². The minimum atomic E-state index is -0.456. The van der Waals surface area contributed by atoms with Gasteiger partial charge in [-0.3, -0.25) is 4.79 Å². The molecule has 4 rings (SSSR count). The molecule has 1 unspecified atom stereocenters. The third kappa shape index (κ3) is 4.90. The number of nitrogens with zero attached hydrogens (tertiary/aromatic N) is 4. The van der Waals surface area contributed by atoms with E-state index in [1.165, 1.54) is 5.56 Å². The minimum Gasteiger partial charge on any atom is -0.350 e. The van der Waals surface area contributed by atoms with E-state index in [0.717, 1.165) is 29.4 Å². The van der Waals surface area contributed by atoms with E-state index in [1.54, 1.807) is 6.33 Å². The fourth-order valence-electron chi connectivity index (χ4n) is 4.73. The highest BCUT2D eigenvalue weighted by atomic mass is 35.5. The van der Waals surface area contributed by atoms with Gasteiger partial charge < -0.3 is 15.5 Å². The molecule has 172 valence electrons. The summed E-state index contributed by atoms with van der Waals surface area (Å²) >= 11 is 7.99. The van der Waals surface area contributed by atoms with Crippen LogP contribution >= 0.6 is 23.4 Å². The molecule has 0 radical (unpaired) electrons. The number of hydrogen-bond donors (Lipinski definition) is 1. The maximum atomic E-state index is 13.7. The quantitative estimate of drug-likeness (QED) is 0.694. The molecule has 0 saturated carbocycles. The summed E-state index contributed by atoms with van der Waals surface area (Å²) < 4.78 is 0. The van der Waals surface area contributed by atoms with E-state index in [2.05, 4.69) is 28.7 Å². The monoisotopic (exact) mass is 473 g/mol. The summed E-state index contributed by atoms with van der Waals surface area (Å²) in [5.74, 6) is 1.82. The summed E-state index contributed by atoms with van der Waals surface area (Å²) in [5, 5.41) is 1.06. The largest absolute Gasteiger partial charge is 0.350 e. The van der Waals surface area contributed by atoms with Crippen molar-refractivity contribution in [1.82, 2.24) is 14.9 Å². The molecular formula is C24H32ClN5OS. The molecule has 1 amide bonds. The SMILES string of the molecule is C[C@H]1SCc2ncnc(N3CCN(C(=O)C(CC(C)(C)N)c4ccc(Cl)cc4)C[C@@H]3C)c21. The zero-order chi connectivity index (χ0) is 23.0. The van der Waals surface area contributed by atoms with Gasteiger partial charge in [0.2, 0.25) is 5.91 Å². The van der Waals surface area contributed by atoms with Crippen LogP contribution in [0.5, 0.6) is 0 Å². The number of nitrogens with two attached hydrogens (primary N) is 1. The van der Waals surface area contributed by atoms with Gasteiger partial charge in [0.1, 0.15) is 12.1 Å². The van der Waals surface area contributed by atoms with Crippen molar-refractivity contribution in [2.24, 2.45) is 5.73 Å². The van der Waals surface area contributed by atoms with Gasteiger partial charge in [0.25, 0.3) is 0 Å². The molecule has 2 aliphatic heterocycles. The Hall–Kier alpha value is -1.83. The highest BCUT2D eigenvalue weighted by molar-refractivity contribution is 7.99. The summed E-state index contributed by atoms with van der Waals surface area (Å²) in [6, 6.07) is 7.74. The Balaban J connectivity index is 1.53. The highest BCUT2D eigenvalue weighted by Crippen LogP contribution is 2.44. The molecule has 0 spiro atoms. The van der Waals surface area contributed by atoms with E-state index >= 15 is 0 Å². The average molecular weight is 474 g/mol. The number of thioether (sulfide) groups is 1. The van der Waals surface area contributed by atoms with E-state index in [9.17, 15) is 4.79 Å². The average Bonchev–Trinajstić information content (AvgIpc) is 3.13. The van der Waals surface area contributed by atoms with Crippen molar-refractivity contribution < 1.29 is 4.79 Å². The van der Waals surface area contributed by atoms with Gasteiger partial charge in [-0.1, -0.05) is 23.7 Å². The molecule has 2 aliphatic rings. The molecule has 1 saturated heterocycles. The number of amides is 1. The van der Waals surface area contributed by atoms with Crippen LogP contribution in [0.1, 0.15) is 62.1 Å². The molecule has 1 aromatic carbocycles. The van der Waals surface area contributed by atoms with Gasteiger partial charge in [-0.05, 0) is 51.8 Å². The van der Waals surface area contributed by atoms with Crippen LogP contribution in [0, 0.1) is 0 Å². The van der Waals surface area contributed by atoms with Crippen molar-refractivity contribution in [3.63, 3.8) is 0 Å². The van der Waals surface area contributed by atoms with Gasteiger partial charge in [0.15, 0.2) is 0 Å². The number of anilines is 1.